The molecule has 8 nitrogen and oxygen atoms in total. The lowest BCUT2D eigenvalue weighted by molar-refractivity contribution is -0.121. The zero-order valence-electron chi connectivity index (χ0n) is 13.3. The summed E-state index contributed by atoms with van der Waals surface area (Å²) < 4.78 is 7.26. The number of carbonyl (C=O) groups excluding carboxylic acids is 1. The number of aryl methyl sites for hydroxylation is 1. The van der Waals surface area contributed by atoms with Gasteiger partial charge in [0.1, 0.15) is 11.6 Å². The molecule has 0 unspecified atom stereocenters. The van der Waals surface area contributed by atoms with E-state index in [0.29, 0.717) is 18.3 Å². The Labute approximate surface area is 133 Å². The number of hydrogen-bond acceptors (Lipinski definition) is 6. The van der Waals surface area contributed by atoms with Gasteiger partial charge < -0.3 is 9.09 Å². The second-order valence-electron chi connectivity index (χ2n) is 6.37. The normalized spacial score (nSPS) is 19.4. The minimum absolute atomic E-state index is 0.100. The van der Waals surface area contributed by atoms with Crippen LogP contribution in [0.15, 0.2) is 10.6 Å². The standard InChI is InChI=1S/C15H20N6O2/c1-9-7-13(23-19-9)16-15(22)10(2)20-5-6-21-12(8-20)17-18-14(21)11-3-4-11/h7,10-11H,3-6,8H2,1-2H3,(H,16,22)/t10-/m0/s1. The number of anilines is 1. The smallest absolute Gasteiger partial charge is 0.243 e. The van der Waals surface area contributed by atoms with Crippen LogP contribution in [0.3, 0.4) is 0 Å². The molecule has 1 aliphatic carbocycles. The van der Waals surface area contributed by atoms with Gasteiger partial charge in [-0.25, -0.2) is 0 Å². The second kappa shape index (κ2) is 5.45. The van der Waals surface area contributed by atoms with Gasteiger partial charge in [-0.3, -0.25) is 15.0 Å². The number of hydrogen-bond donors (Lipinski definition) is 1. The van der Waals surface area contributed by atoms with E-state index in [0.717, 1.165) is 30.4 Å². The maximum atomic E-state index is 12.4. The highest BCUT2D eigenvalue weighted by molar-refractivity contribution is 5.93. The van der Waals surface area contributed by atoms with Crippen LogP contribution in [0, 0.1) is 6.92 Å². The van der Waals surface area contributed by atoms with Crippen LogP contribution in [-0.2, 0) is 17.9 Å². The molecule has 2 aromatic heterocycles. The number of amides is 1. The third kappa shape index (κ3) is 2.74. The topological polar surface area (TPSA) is 89.1 Å². The van der Waals surface area contributed by atoms with Crippen molar-refractivity contribution in [3.05, 3.63) is 23.4 Å². The van der Waals surface area contributed by atoms with Gasteiger partial charge in [0.05, 0.1) is 18.3 Å². The van der Waals surface area contributed by atoms with Crippen molar-refractivity contribution in [2.24, 2.45) is 0 Å². The third-order valence-electron chi connectivity index (χ3n) is 4.56. The van der Waals surface area contributed by atoms with Crippen molar-refractivity contribution < 1.29 is 9.32 Å². The molecular formula is C15H20N6O2. The van der Waals surface area contributed by atoms with Gasteiger partial charge in [-0.1, -0.05) is 5.16 Å². The first-order valence-electron chi connectivity index (χ1n) is 8.02. The molecule has 3 heterocycles. The summed E-state index contributed by atoms with van der Waals surface area (Å²) in [6.07, 6.45) is 2.44. The molecule has 4 rings (SSSR count). The Hall–Kier alpha value is -2.22. The Morgan fingerprint density at radius 3 is 2.91 bits per heavy atom. The minimum atomic E-state index is -0.268. The summed E-state index contributed by atoms with van der Waals surface area (Å²) in [7, 11) is 0. The molecule has 2 aliphatic rings. The van der Waals surface area contributed by atoms with Gasteiger partial charge in [0, 0.05) is 25.1 Å². The molecule has 0 bridgehead atoms. The van der Waals surface area contributed by atoms with Gasteiger partial charge in [-0.15, -0.1) is 10.2 Å². The van der Waals surface area contributed by atoms with Crippen LogP contribution in [0.2, 0.25) is 0 Å². The second-order valence-corrected chi connectivity index (χ2v) is 6.37. The van der Waals surface area contributed by atoms with Crippen molar-refractivity contribution in [1.82, 2.24) is 24.8 Å². The summed E-state index contributed by atoms with van der Waals surface area (Å²) in [6, 6.07) is 1.44. The summed E-state index contributed by atoms with van der Waals surface area (Å²) in [4.78, 5) is 14.5. The van der Waals surface area contributed by atoms with Crippen LogP contribution >= 0.6 is 0 Å². The van der Waals surface area contributed by atoms with E-state index in [9.17, 15) is 4.79 Å². The third-order valence-corrected chi connectivity index (χ3v) is 4.56. The van der Waals surface area contributed by atoms with E-state index in [1.165, 1.54) is 12.8 Å². The van der Waals surface area contributed by atoms with Crippen molar-refractivity contribution in [1.29, 1.82) is 0 Å². The van der Waals surface area contributed by atoms with Crippen molar-refractivity contribution in [3.8, 4) is 0 Å². The zero-order chi connectivity index (χ0) is 16.0. The van der Waals surface area contributed by atoms with E-state index in [-0.39, 0.29) is 11.9 Å². The first-order chi connectivity index (χ1) is 11.1. The summed E-state index contributed by atoms with van der Waals surface area (Å²) in [5.74, 6) is 2.95. The van der Waals surface area contributed by atoms with Crippen LogP contribution < -0.4 is 5.32 Å². The van der Waals surface area contributed by atoms with Gasteiger partial charge in [-0.2, -0.15) is 0 Å². The Bertz CT molecular complexity index is 732. The number of rotatable bonds is 4. The number of aromatic nitrogens is 4. The maximum absolute atomic E-state index is 12.4. The van der Waals surface area contributed by atoms with E-state index >= 15 is 0 Å². The fourth-order valence-corrected chi connectivity index (χ4v) is 2.99. The summed E-state index contributed by atoms with van der Waals surface area (Å²) in [6.45, 7) is 6.01. The van der Waals surface area contributed by atoms with E-state index < -0.39 is 0 Å². The maximum Gasteiger partial charge on any atom is 0.243 e. The molecule has 0 radical (unpaired) electrons. The average molecular weight is 316 g/mol. The highest BCUT2D eigenvalue weighted by Crippen LogP contribution is 2.39. The molecule has 1 amide bonds. The molecule has 1 N–H and O–H groups in total. The molecule has 0 aromatic carbocycles. The van der Waals surface area contributed by atoms with Gasteiger partial charge >= 0.3 is 0 Å². The Kier molecular flexibility index (Phi) is 3.41. The predicted octanol–water partition coefficient (Wildman–Crippen LogP) is 1.29. The van der Waals surface area contributed by atoms with Crippen molar-refractivity contribution in [3.63, 3.8) is 0 Å². The lowest BCUT2D eigenvalue weighted by Gasteiger charge is -2.31. The first kappa shape index (κ1) is 14.4. The lowest BCUT2D eigenvalue weighted by Crippen LogP contribution is -2.46. The molecule has 1 saturated carbocycles. The molecule has 1 fully saturated rings. The summed E-state index contributed by atoms with van der Waals surface area (Å²) in [5, 5.41) is 15.2. The van der Waals surface area contributed by atoms with Crippen LogP contribution in [-0.4, -0.2) is 43.3 Å². The van der Waals surface area contributed by atoms with Crippen LogP contribution in [0.4, 0.5) is 5.88 Å². The predicted molar refractivity (Wildman–Crippen MR) is 81.7 cm³/mol. The number of carbonyl (C=O) groups is 1. The molecule has 1 aliphatic heterocycles. The fraction of sp³-hybridized carbons (Fsp3) is 0.600. The van der Waals surface area contributed by atoms with Crippen molar-refractivity contribution >= 4 is 11.8 Å². The number of nitrogens with one attached hydrogen (secondary N) is 1. The molecule has 0 spiro atoms. The largest absolute Gasteiger partial charge is 0.338 e. The minimum Gasteiger partial charge on any atom is -0.338 e. The molecule has 1 atom stereocenters. The zero-order valence-corrected chi connectivity index (χ0v) is 13.3. The fourth-order valence-electron chi connectivity index (χ4n) is 2.99. The van der Waals surface area contributed by atoms with Gasteiger partial charge in [0.25, 0.3) is 0 Å². The van der Waals surface area contributed by atoms with Gasteiger partial charge in [0.2, 0.25) is 11.8 Å². The van der Waals surface area contributed by atoms with Gasteiger partial charge in [0.15, 0.2) is 0 Å². The number of fused-ring (bicyclic) bond motifs is 1. The molecule has 8 heteroatoms. The molecule has 23 heavy (non-hydrogen) atoms. The van der Waals surface area contributed by atoms with Crippen molar-refractivity contribution in [2.75, 3.05) is 11.9 Å². The van der Waals surface area contributed by atoms with E-state index in [1.54, 1.807) is 6.07 Å². The Morgan fingerprint density at radius 1 is 1.39 bits per heavy atom. The SMILES string of the molecule is Cc1cc(NC(=O)[C@H](C)N2CCn3c(nnc3C3CC3)C2)on1. The van der Waals surface area contributed by atoms with Crippen LogP contribution in [0.1, 0.15) is 43.0 Å². The number of nitrogens with zero attached hydrogens (tertiary/aromatic N) is 5. The average Bonchev–Trinajstić information content (AvgIpc) is 3.17. The quantitative estimate of drug-likeness (QED) is 0.914. The summed E-state index contributed by atoms with van der Waals surface area (Å²) >= 11 is 0. The molecule has 0 saturated heterocycles. The van der Waals surface area contributed by atoms with Crippen LogP contribution in [0.5, 0.6) is 0 Å². The van der Waals surface area contributed by atoms with Crippen molar-refractivity contribution in [2.45, 2.75) is 51.7 Å². The first-order valence-corrected chi connectivity index (χ1v) is 8.02. The van der Waals surface area contributed by atoms with E-state index in [1.807, 2.05) is 13.8 Å². The van der Waals surface area contributed by atoms with E-state index in [4.69, 9.17) is 4.52 Å². The monoisotopic (exact) mass is 316 g/mol. The highest BCUT2D eigenvalue weighted by atomic mass is 16.5. The molecule has 2 aromatic rings. The summed E-state index contributed by atoms with van der Waals surface area (Å²) in [5.41, 5.74) is 0.742. The highest BCUT2D eigenvalue weighted by Gasteiger charge is 2.33. The Balaban J connectivity index is 1.42. The lowest BCUT2D eigenvalue weighted by atomic mass is 10.2. The van der Waals surface area contributed by atoms with Gasteiger partial charge in [-0.05, 0) is 26.7 Å². The molecular weight excluding hydrogens is 296 g/mol. The van der Waals surface area contributed by atoms with Crippen LogP contribution in [0.25, 0.3) is 0 Å². The van der Waals surface area contributed by atoms with E-state index in [2.05, 4.69) is 30.1 Å². The molecule has 122 valence electrons. The Morgan fingerprint density at radius 2 is 2.22 bits per heavy atom.